The third-order valence-corrected chi connectivity index (χ3v) is 7.63. The van der Waals surface area contributed by atoms with Gasteiger partial charge in [0, 0.05) is 44.4 Å². The number of nitrogens with one attached hydrogen (secondary N) is 2. The molecule has 39 heavy (non-hydrogen) atoms. The molecule has 2 N–H and O–H groups in total. The Morgan fingerprint density at radius 3 is 2.54 bits per heavy atom. The molecule has 3 aromatic rings. The average Bonchev–Trinajstić information content (AvgIpc) is 3.16. The summed E-state index contributed by atoms with van der Waals surface area (Å²) in [6.07, 6.45) is 2.51. The fourth-order valence-electron chi connectivity index (χ4n) is 4.86. The molecule has 0 saturated carbocycles. The van der Waals surface area contributed by atoms with E-state index in [2.05, 4.69) is 40.9 Å². The summed E-state index contributed by atoms with van der Waals surface area (Å²) in [5, 5.41) is 0.943. The first-order valence-corrected chi connectivity index (χ1v) is 13.9. The highest BCUT2D eigenvalue weighted by atomic mass is 32.2. The summed E-state index contributed by atoms with van der Waals surface area (Å²) in [7, 11) is -2.73. The molecule has 11 nitrogen and oxygen atoms in total. The van der Waals surface area contributed by atoms with E-state index in [9.17, 15) is 18.0 Å². The maximum atomic E-state index is 13.2. The number of rotatable bonds is 8. The molecule has 1 saturated heterocycles. The van der Waals surface area contributed by atoms with Crippen molar-refractivity contribution in [2.24, 2.45) is 5.92 Å². The molecule has 2 aromatic heterocycles. The van der Waals surface area contributed by atoms with Gasteiger partial charge in [-0.3, -0.25) is 9.59 Å². The van der Waals surface area contributed by atoms with Crippen LogP contribution in [0.5, 0.6) is 11.6 Å². The Bertz CT molecular complexity index is 1490. The minimum absolute atomic E-state index is 0.00354. The number of nitrogens with zero attached hydrogens (tertiary/aromatic N) is 4. The lowest BCUT2D eigenvalue weighted by Gasteiger charge is -2.33. The van der Waals surface area contributed by atoms with Gasteiger partial charge in [0.25, 0.3) is 15.9 Å². The van der Waals surface area contributed by atoms with Crippen LogP contribution in [0, 0.1) is 5.92 Å². The van der Waals surface area contributed by atoms with Crippen LogP contribution in [0.15, 0.2) is 65.8 Å². The largest absolute Gasteiger partial charge is 0.439 e. The van der Waals surface area contributed by atoms with Crippen molar-refractivity contribution in [1.82, 2.24) is 20.1 Å². The van der Waals surface area contributed by atoms with Gasteiger partial charge in [-0.1, -0.05) is 19.1 Å². The monoisotopic (exact) mass is 552 g/mol. The van der Waals surface area contributed by atoms with Gasteiger partial charge in [-0.2, -0.15) is 13.4 Å². The molecule has 1 aromatic carbocycles. The van der Waals surface area contributed by atoms with Crippen LogP contribution >= 0.6 is 0 Å². The molecule has 1 fully saturated rings. The standard InChI is InChI=1S/C27H32N6O5S/c1-18-16-27(3,4)32(17-18)25-22(11-8-14-29-25)26(35)31-39(36,37)24-13-7-12-23(30-24)38-21-10-6-9-20(15-21)33(28-5)19(2)34/h6-15,18,28H,16-17H2,1-5H3,(H,31,35). The van der Waals surface area contributed by atoms with Crippen LogP contribution in [0.3, 0.4) is 0 Å². The maximum Gasteiger partial charge on any atom is 0.281 e. The van der Waals surface area contributed by atoms with Gasteiger partial charge in [0.2, 0.25) is 11.8 Å². The van der Waals surface area contributed by atoms with E-state index >= 15 is 0 Å². The predicted molar refractivity (Wildman–Crippen MR) is 147 cm³/mol. The molecule has 1 unspecified atom stereocenters. The van der Waals surface area contributed by atoms with Crippen molar-refractivity contribution in [3.05, 3.63) is 66.4 Å². The zero-order valence-electron chi connectivity index (χ0n) is 22.5. The Balaban J connectivity index is 1.55. The smallest absolute Gasteiger partial charge is 0.281 e. The highest BCUT2D eigenvalue weighted by molar-refractivity contribution is 7.90. The van der Waals surface area contributed by atoms with E-state index in [4.69, 9.17) is 4.74 Å². The van der Waals surface area contributed by atoms with Crippen LogP contribution in [-0.2, 0) is 14.8 Å². The molecule has 0 radical (unpaired) electrons. The van der Waals surface area contributed by atoms with Gasteiger partial charge in [-0.25, -0.2) is 20.1 Å². The number of anilines is 2. The van der Waals surface area contributed by atoms with Gasteiger partial charge in [-0.05, 0) is 56.5 Å². The predicted octanol–water partition coefficient (Wildman–Crippen LogP) is 3.50. The van der Waals surface area contributed by atoms with Crippen molar-refractivity contribution < 1.29 is 22.7 Å². The number of hydrogen-bond acceptors (Lipinski definition) is 9. The highest BCUT2D eigenvalue weighted by Crippen LogP contribution is 2.37. The first-order valence-electron chi connectivity index (χ1n) is 12.4. The molecule has 3 heterocycles. The molecular formula is C27H32N6O5S. The second-order valence-corrected chi connectivity index (χ2v) is 11.7. The molecule has 12 heteroatoms. The summed E-state index contributed by atoms with van der Waals surface area (Å²) in [5.41, 5.74) is 3.24. The number of hydrazine groups is 1. The van der Waals surface area contributed by atoms with Gasteiger partial charge < -0.3 is 9.64 Å². The Hall–Kier alpha value is -4.03. The molecule has 1 aliphatic heterocycles. The normalized spacial score (nSPS) is 16.5. The van der Waals surface area contributed by atoms with Crippen LogP contribution in [0.2, 0.25) is 0 Å². The molecule has 1 aliphatic rings. The van der Waals surface area contributed by atoms with Crippen LogP contribution < -0.4 is 24.8 Å². The lowest BCUT2D eigenvalue weighted by molar-refractivity contribution is -0.117. The van der Waals surface area contributed by atoms with E-state index in [1.165, 1.54) is 30.1 Å². The Morgan fingerprint density at radius 1 is 1.13 bits per heavy atom. The lowest BCUT2D eigenvalue weighted by atomic mass is 9.97. The van der Waals surface area contributed by atoms with E-state index in [1.54, 1.807) is 49.6 Å². The van der Waals surface area contributed by atoms with E-state index < -0.39 is 15.9 Å². The molecular weight excluding hydrogens is 520 g/mol. The zero-order valence-corrected chi connectivity index (χ0v) is 23.3. The Morgan fingerprint density at radius 2 is 1.87 bits per heavy atom. The molecule has 4 rings (SSSR count). The van der Waals surface area contributed by atoms with Gasteiger partial charge >= 0.3 is 0 Å². The fourth-order valence-corrected chi connectivity index (χ4v) is 5.78. The minimum atomic E-state index is -4.34. The molecule has 2 amide bonds. The first kappa shape index (κ1) is 28.0. The third-order valence-electron chi connectivity index (χ3n) is 6.40. The molecule has 1 atom stereocenters. The summed E-state index contributed by atoms with van der Waals surface area (Å²) in [5.74, 6) is 0.143. The van der Waals surface area contributed by atoms with Crippen LogP contribution in [0.25, 0.3) is 0 Å². The van der Waals surface area contributed by atoms with E-state index in [0.29, 0.717) is 29.7 Å². The van der Waals surface area contributed by atoms with Crippen molar-refractivity contribution in [2.75, 3.05) is 23.5 Å². The van der Waals surface area contributed by atoms with Gasteiger partial charge in [0.05, 0.1) is 11.3 Å². The summed E-state index contributed by atoms with van der Waals surface area (Å²) < 4.78 is 34.2. The second kappa shape index (κ2) is 11.0. The Labute approximate surface area is 228 Å². The van der Waals surface area contributed by atoms with Gasteiger partial charge in [-0.15, -0.1) is 0 Å². The topological polar surface area (TPSA) is 134 Å². The minimum Gasteiger partial charge on any atom is -0.439 e. The van der Waals surface area contributed by atoms with Crippen LogP contribution in [0.1, 0.15) is 44.5 Å². The van der Waals surface area contributed by atoms with Crippen molar-refractivity contribution in [2.45, 2.75) is 44.7 Å². The van der Waals surface area contributed by atoms with Crippen molar-refractivity contribution in [1.29, 1.82) is 0 Å². The summed E-state index contributed by atoms with van der Waals surface area (Å²) in [4.78, 5) is 35.6. The van der Waals surface area contributed by atoms with E-state index in [-0.39, 0.29) is 27.9 Å². The van der Waals surface area contributed by atoms with Gasteiger partial charge in [0.15, 0.2) is 5.03 Å². The molecule has 206 valence electrons. The number of aromatic nitrogens is 2. The van der Waals surface area contributed by atoms with Gasteiger partial charge in [0.1, 0.15) is 11.6 Å². The van der Waals surface area contributed by atoms with Crippen LogP contribution in [0.4, 0.5) is 11.5 Å². The molecule has 0 aliphatic carbocycles. The lowest BCUT2D eigenvalue weighted by Crippen LogP contribution is -2.41. The number of carbonyl (C=O) groups is 2. The van der Waals surface area contributed by atoms with Crippen molar-refractivity contribution >= 4 is 33.3 Å². The van der Waals surface area contributed by atoms with Crippen molar-refractivity contribution in [3.8, 4) is 11.6 Å². The average molecular weight is 553 g/mol. The Kier molecular flexibility index (Phi) is 7.89. The number of benzene rings is 1. The number of pyridine rings is 2. The van der Waals surface area contributed by atoms with Crippen molar-refractivity contribution in [3.63, 3.8) is 0 Å². The second-order valence-electron chi connectivity index (χ2n) is 10.0. The van der Waals surface area contributed by atoms with E-state index in [1.807, 2.05) is 4.90 Å². The molecule has 0 spiro atoms. The molecule has 0 bridgehead atoms. The van der Waals surface area contributed by atoms with E-state index in [0.717, 1.165) is 6.42 Å². The first-order chi connectivity index (χ1) is 18.4. The summed E-state index contributed by atoms with van der Waals surface area (Å²) in [6.45, 7) is 8.40. The number of carbonyl (C=O) groups excluding carboxylic acids is 2. The number of amides is 2. The number of hydrogen-bond donors (Lipinski definition) is 2. The SMILES string of the molecule is CNN(C(C)=O)c1cccc(Oc2cccc(S(=O)(=O)NC(=O)c3cccnc3N3CC(C)CC3(C)C)n2)c1. The highest BCUT2D eigenvalue weighted by Gasteiger charge is 2.39. The summed E-state index contributed by atoms with van der Waals surface area (Å²) in [6, 6.07) is 14.0. The number of ether oxygens (including phenoxy) is 1. The third kappa shape index (κ3) is 6.18. The number of sulfonamides is 1. The fraction of sp³-hybridized carbons (Fsp3) is 0.333. The van der Waals surface area contributed by atoms with Crippen LogP contribution in [-0.4, -0.2) is 49.3 Å². The maximum absolute atomic E-state index is 13.2. The summed E-state index contributed by atoms with van der Waals surface area (Å²) >= 11 is 0. The quantitative estimate of drug-likeness (QED) is 0.403. The zero-order chi connectivity index (χ0) is 28.4.